The lowest BCUT2D eigenvalue weighted by Gasteiger charge is -1.93. The monoisotopic (exact) mass is 235 g/mol. The van der Waals surface area contributed by atoms with Crippen molar-refractivity contribution in [3.05, 3.63) is 35.3 Å². The highest BCUT2D eigenvalue weighted by atomic mass is 19.1. The summed E-state index contributed by atoms with van der Waals surface area (Å²) in [5, 5.41) is 9.47. The summed E-state index contributed by atoms with van der Waals surface area (Å²) in [5.74, 6) is -0.538. The first-order valence-electron chi connectivity index (χ1n) is 5.80. The predicted octanol–water partition coefficient (Wildman–Crippen LogP) is 4.80. The lowest BCUT2D eigenvalue weighted by molar-refractivity contribution is 0.594. The molecule has 0 bridgehead atoms. The Morgan fingerprint density at radius 2 is 1.76 bits per heavy atom. The van der Waals surface area contributed by atoms with Gasteiger partial charge in [-0.25, -0.2) is 4.39 Å². The summed E-state index contributed by atoms with van der Waals surface area (Å²) in [7, 11) is 0. The summed E-state index contributed by atoms with van der Waals surface area (Å²) < 4.78 is 18.1. The average molecular weight is 235 g/mol. The van der Waals surface area contributed by atoms with E-state index in [4.69, 9.17) is 9.68 Å². The van der Waals surface area contributed by atoms with Crippen LogP contribution in [0, 0.1) is 24.1 Å². The average Bonchev–Trinajstić information content (AvgIpc) is 2.76. The molecule has 1 aromatic heterocycles. The van der Waals surface area contributed by atoms with E-state index >= 15 is 0 Å². The molecular weight excluding hydrogens is 217 g/mol. The van der Waals surface area contributed by atoms with E-state index in [0.717, 1.165) is 10.9 Å². The molecule has 0 spiro atoms. The molecule has 1 aromatic carbocycles. The molecule has 0 fully saturated rings. The second-order valence-electron chi connectivity index (χ2n) is 2.83. The molecule has 0 atom stereocenters. The van der Waals surface area contributed by atoms with E-state index in [9.17, 15) is 4.39 Å². The Morgan fingerprint density at radius 3 is 2.29 bits per heavy atom. The molecule has 2 rings (SSSR count). The predicted molar refractivity (Wildman–Crippen MR) is 68.3 cm³/mol. The summed E-state index contributed by atoms with van der Waals surface area (Å²) in [5.41, 5.74) is 1.22. The molecule has 0 N–H and O–H groups in total. The minimum atomic E-state index is -0.538. The van der Waals surface area contributed by atoms with Gasteiger partial charge in [-0.15, -0.1) is 0 Å². The van der Waals surface area contributed by atoms with Crippen molar-refractivity contribution in [1.82, 2.24) is 0 Å². The van der Waals surface area contributed by atoms with Gasteiger partial charge < -0.3 is 4.42 Å². The van der Waals surface area contributed by atoms with Gasteiger partial charge in [0, 0.05) is 5.39 Å². The number of nitrogens with zero attached hydrogens (tertiary/aromatic N) is 1. The Balaban J connectivity index is 0.000000581. The Kier molecular flexibility index (Phi) is 6.65. The number of halogens is 1. The Labute approximate surface area is 102 Å². The second kappa shape index (κ2) is 7.45. The minimum absolute atomic E-state index is 0.0226. The third kappa shape index (κ3) is 3.07. The summed E-state index contributed by atoms with van der Waals surface area (Å²) >= 11 is 0. The lowest BCUT2D eigenvalue weighted by atomic mass is 10.1. The molecular formula is C14H18FNO. The first-order valence-corrected chi connectivity index (χ1v) is 5.80. The van der Waals surface area contributed by atoms with Gasteiger partial charge in [-0.3, -0.25) is 0 Å². The highest BCUT2D eigenvalue weighted by Crippen LogP contribution is 2.25. The number of furan rings is 1. The second-order valence-corrected chi connectivity index (χ2v) is 2.83. The number of rotatable bonds is 0. The van der Waals surface area contributed by atoms with E-state index in [1.165, 1.54) is 12.3 Å². The molecule has 17 heavy (non-hydrogen) atoms. The van der Waals surface area contributed by atoms with Crippen molar-refractivity contribution in [2.45, 2.75) is 34.6 Å². The fourth-order valence-electron chi connectivity index (χ4n) is 1.31. The molecule has 0 aliphatic carbocycles. The summed E-state index contributed by atoms with van der Waals surface area (Å²) in [4.78, 5) is 0. The highest BCUT2D eigenvalue weighted by molar-refractivity contribution is 5.85. The summed E-state index contributed by atoms with van der Waals surface area (Å²) in [6.07, 6.45) is 1.52. The molecule has 0 aliphatic heterocycles. The third-order valence-electron chi connectivity index (χ3n) is 2.00. The van der Waals surface area contributed by atoms with Gasteiger partial charge in [0.25, 0.3) is 0 Å². The number of fused-ring (bicyclic) bond motifs is 1. The van der Waals surface area contributed by atoms with Crippen LogP contribution in [0.4, 0.5) is 4.39 Å². The largest absolute Gasteiger partial charge is 0.463 e. The van der Waals surface area contributed by atoms with E-state index in [2.05, 4.69) is 0 Å². The highest BCUT2D eigenvalue weighted by Gasteiger charge is 2.11. The lowest BCUT2D eigenvalue weighted by Crippen LogP contribution is -1.83. The van der Waals surface area contributed by atoms with Crippen molar-refractivity contribution in [3.8, 4) is 6.07 Å². The molecule has 0 aliphatic rings. The molecule has 92 valence electrons. The molecule has 0 saturated heterocycles. The van der Waals surface area contributed by atoms with Crippen LogP contribution in [-0.2, 0) is 0 Å². The number of hydrogen-bond acceptors (Lipinski definition) is 2. The molecule has 0 amide bonds. The van der Waals surface area contributed by atoms with Gasteiger partial charge in [0.15, 0.2) is 5.58 Å². The standard InChI is InChI=1S/C10H6FNO.2C2H6/c1-6-5-13-10-7(6)2-3-9(11)8(10)4-12;2*1-2/h2-3,5H,1H3;2*1-2H3. The molecule has 2 aromatic rings. The number of hydrogen-bond donors (Lipinski definition) is 0. The number of aryl methyl sites for hydroxylation is 1. The van der Waals surface area contributed by atoms with Gasteiger partial charge in [0.2, 0.25) is 0 Å². The minimum Gasteiger partial charge on any atom is -0.463 e. The fraction of sp³-hybridized carbons (Fsp3) is 0.357. The first kappa shape index (κ1) is 15.2. The van der Waals surface area contributed by atoms with Crippen molar-refractivity contribution in [2.75, 3.05) is 0 Å². The molecule has 0 radical (unpaired) electrons. The van der Waals surface area contributed by atoms with Gasteiger partial charge in [-0.2, -0.15) is 5.26 Å². The van der Waals surface area contributed by atoms with Crippen LogP contribution in [0.15, 0.2) is 22.8 Å². The molecule has 0 unspecified atom stereocenters. The van der Waals surface area contributed by atoms with Crippen LogP contribution in [0.2, 0.25) is 0 Å². The van der Waals surface area contributed by atoms with Gasteiger partial charge in [-0.1, -0.05) is 27.7 Å². The molecule has 1 heterocycles. The van der Waals surface area contributed by atoms with E-state index in [0.29, 0.717) is 5.58 Å². The van der Waals surface area contributed by atoms with Gasteiger partial charge >= 0.3 is 0 Å². The van der Waals surface area contributed by atoms with Crippen LogP contribution < -0.4 is 0 Å². The normalized spacial score (nSPS) is 8.53. The SMILES string of the molecule is CC.CC.Cc1coc2c(C#N)c(F)ccc12. The zero-order valence-electron chi connectivity index (χ0n) is 11.0. The number of benzene rings is 1. The van der Waals surface area contributed by atoms with Gasteiger partial charge in [0.05, 0.1) is 6.26 Å². The molecule has 3 heteroatoms. The summed E-state index contributed by atoms with van der Waals surface area (Å²) in [6, 6.07) is 4.68. The smallest absolute Gasteiger partial charge is 0.154 e. The number of nitriles is 1. The van der Waals surface area contributed by atoms with Crippen molar-refractivity contribution < 1.29 is 8.81 Å². The van der Waals surface area contributed by atoms with Gasteiger partial charge in [-0.05, 0) is 24.6 Å². The van der Waals surface area contributed by atoms with Crippen molar-refractivity contribution in [1.29, 1.82) is 5.26 Å². The van der Waals surface area contributed by atoms with Crippen LogP contribution in [0.5, 0.6) is 0 Å². The molecule has 2 nitrogen and oxygen atoms in total. The zero-order valence-corrected chi connectivity index (χ0v) is 11.0. The van der Waals surface area contributed by atoms with Crippen LogP contribution in [0.25, 0.3) is 11.0 Å². The van der Waals surface area contributed by atoms with E-state index < -0.39 is 5.82 Å². The van der Waals surface area contributed by atoms with Crippen molar-refractivity contribution >= 4 is 11.0 Å². The van der Waals surface area contributed by atoms with Crippen LogP contribution in [-0.4, -0.2) is 0 Å². The summed E-state index contributed by atoms with van der Waals surface area (Å²) in [6.45, 7) is 9.85. The van der Waals surface area contributed by atoms with Crippen LogP contribution in [0.1, 0.15) is 38.8 Å². The maximum absolute atomic E-state index is 13.0. The Morgan fingerprint density at radius 1 is 1.18 bits per heavy atom. The van der Waals surface area contributed by atoms with E-state index in [1.54, 1.807) is 12.1 Å². The quantitative estimate of drug-likeness (QED) is 0.657. The van der Waals surface area contributed by atoms with Crippen molar-refractivity contribution in [2.24, 2.45) is 0 Å². The van der Waals surface area contributed by atoms with Crippen molar-refractivity contribution in [3.63, 3.8) is 0 Å². The van der Waals surface area contributed by atoms with Crippen LogP contribution in [0.3, 0.4) is 0 Å². The maximum atomic E-state index is 13.0. The fourth-order valence-corrected chi connectivity index (χ4v) is 1.31. The van der Waals surface area contributed by atoms with E-state index in [1.807, 2.05) is 34.6 Å². The topological polar surface area (TPSA) is 36.9 Å². The zero-order chi connectivity index (χ0) is 13.4. The maximum Gasteiger partial charge on any atom is 0.154 e. The third-order valence-corrected chi connectivity index (χ3v) is 2.00. The van der Waals surface area contributed by atoms with Gasteiger partial charge in [0.1, 0.15) is 17.4 Å². The Bertz CT molecular complexity index is 509. The Hall–Kier alpha value is -1.82. The first-order chi connectivity index (χ1) is 8.24. The van der Waals surface area contributed by atoms with E-state index in [-0.39, 0.29) is 5.56 Å². The molecule has 0 saturated carbocycles. The van der Waals surface area contributed by atoms with Crippen LogP contribution >= 0.6 is 0 Å².